The van der Waals surface area contributed by atoms with E-state index in [1.165, 1.54) is 10.5 Å². The second-order valence-corrected chi connectivity index (χ2v) is 7.06. The Bertz CT molecular complexity index is 604. The van der Waals surface area contributed by atoms with Crippen molar-refractivity contribution in [3.8, 4) is 0 Å². The first kappa shape index (κ1) is 16.2. The molecule has 0 fully saturated rings. The topological polar surface area (TPSA) is 12.0 Å². The van der Waals surface area contributed by atoms with Crippen molar-refractivity contribution in [2.75, 3.05) is 6.54 Å². The summed E-state index contributed by atoms with van der Waals surface area (Å²) < 4.78 is 1.07. The number of halogens is 3. The molecule has 0 aliphatic carbocycles. The summed E-state index contributed by atoms with van der Waals surface area (Å²) in [6, 6.07) is 12.0. The van der Waals surface area contributed by atoms with Crippen LogP contribution in [0.2, 0.25) is 10.0 Å². The monoisotopic (exact) mass is 389 g/mol. The largest absolute Gasteiger partial charge is 0.313 e. The van der Waals surface area contributed by atoms with E-state index in [-0.39, 0.29) is 0 Å². The minimum Gasteiger partial charge on any atom is -0.313 e. The van der Waals surface area contributed by atoms with Gasteiger partial charge in [-0.3, -0.25) is 0 Å². The zero-order valence-electron chi connectivity index (χ0n) is 10.9. The molecule has 0 atom stereocenters. The molecule has 0 saturated carbocycles. The van der Waals surface area contributed by atoms with E-state index in [9.17, 15) is 0 Å². The van der Waals surface area contributed by atoms with Crippen LogP contribution in [0.15, 0.2) is 50.7 Å². The van der Waals surface area contributed by atoms with Gasteiger partial charge in [-0.25, -0.2) is 0 Å². The van der Waals surface area contributed by atoms with Crippen molar-refractivity contribution in [2.24, 2.45) is 0 Å². The van der Waals surface area contributed by atoms with Crippen LogP contribution in [0.4, 0.5) is 0 Å². The molecule has 106 valence electrons. The van der Waals surface area contributed by atoms with Crippen molar-refractivity contribution in [3.63, 3.8) is 0 Å². The van der Waals surface area contributed by atoms with Gasteiger partial charge < -0.3 is 5.32 Å². The van der Waals surface area contributed by atoms with Crippen molar-refractivity contribution in [3.05, 3.63) is 56.5 Å². The Kier molecular flexibility index (Phi) is 6.24. The Morgan fingerprint density at radius 1 is 1.10 bits per heavy atom. The van der Waals surface area contributed by atoms with Gasteiger partial charge in [0.2, 0.25) is 0 Å². The lowest BCUT2D eigenvalue weighted by molar-refractivity contribution is 0.718. The Hall–Kier alpha value is -0.190. The Labute approximate surface area is 142 Å². The van der Waals surface area contributed by atoms with Crippen molar-refractivity contribution in [1.82, 2.24) is 5.32 Å². The number of rotatable bonds is 5. The number of benzene rings is 2. The fourth-order valence-corrected chi connectivity index (χ4v) is 3.60. The minimum atomic E-state index is 0.582. The summed E-state index contributed by atoms with van der Waals surface area (Å²) in [6.45, 7) is 3.91. The first-order chi connectivity index (χ1) is 9.60. The van der Waals surface area contributed by atoms with Crippen molar-refractivity contribution in [2.45, 2.75) is 23.3 Å². The van der Waals surface area contributed by atoms with E-state index in [4.69, 9.17) is 23.2 Å². The maximum Gasteiger partial charge on any atom is 0.0603 e. The molecule has 0 bridgehead atoms. The van der Waals surface area contributed by atoms with E-state index in [1.54, 1.807) is 11.8 Å². The lowest BCUT2D eigenvalue weighted by Gasteiger charge is -2.11. The molecule has 0 amide bonds. The average Bonchev–Trinajstić information content (AvgIpc) is 2.42. The predicted molar refractivity (Wildman–Crippen MR) is 92.1 cm³/mol. The van der Waals surface area contributed by atoms with Crippen LogP contribution in [0.1, 0.15) is 12.5 Å². The van der Waals surface area contributed by atoms with Gasteiger partial charge in [0.15, 0.2) is 0 Å². The van der Waals surface area contributed by atoms with Crippen molar-refractivity contribution in [1.29, 1.82) is 0 Å². The van der Waals surface area contributed by atoms with E-state index < -0.39 is 0 Å². The van der Waals surface area contributed by atoms with Crippen LogP contribution < -0.4 is 5.32 Å². The normalized spacial score (nSPS) is 10.8. The molecule has 5 heteroatoms. The van der Waals surface area contributed by atoms with Gasteiger partial charge in [0.05, 0.1) is 10.0 Å². The Morgan fingerprint density at radius 3 is 2.60 bits per heavy atom. The molecule has 0 unspecified atom stereocenters. The molecule has 1 N–H and O–H groups in total. The summed E-state index contributed by atoms with van der Waals surface area (Å²) >= 11 is 17.2. The van der Waals surface area contributed by atoms with Crippen LogP contribution in [-0.4, -0.2) is 6.54 Å². The SMILES string of the molecule is CCNCc1ccc(Br)cc1Sc1ccc(Cl)c(Cl)c1. The average molecular weight is 391 g/mol. The molecular weight excluding hydrogens is 377 g/mol. The molecule has 0 aromatic heterocycles. The van der Waals surface area contributed by atoms with Gasteiger partial charge in [0.25, 0.3) is 0 Å². The van der Waals surface area contributed by atoms with Gasteiger partial charge in [-0.05, 0) is 42.4 Å². The summed E-state index contributed by atoms with van der Waals surface area (Å²) in [7, 11) is 0. The van der Waals surface area contributed by atoms with Crippen LogP contribution in [0.5, 0.6) is 0 Å². The molecule has 2 rings (SSSR count). The molecule has 0 spiro atoms. The number of nitrogens with one attached hydrogen (secondary N) is 1. The van der Waals surface area contributed by atoms with Crippen molar-refractivity contribution >= 4 is 50.9 Å². The summed E-state index contributed by atoms with van der Waals surface area (Å²) in [4.78, 5) is 2.29. The van der Waals surface area contributed by atoms with Crippen LogP contribution >= 0.6 is 50.9 Å². The Morgan fingerprint density at radius 2 is 1.90 bits per heavy atom. The second kappa shape index (κ2) is 7.71. The van der Waals surface area contributed by atoms with Gasteiger partial charge in [-0.15, -0.1) is 0 Å². The van der Waals surface area contributed by atoms with Crippen LogP contribution in [0.3, 0.4) is 0 Å². The highest BCUT2D eigenvalue weighted by Crippen LogP contribution is 2.35. The third-order valence-corrected chi connectivity index (χ3v) is 5.04. The molecular formula is C15H14BrCl2NS. The maximum atomic E-state index is 6.07. The van der Waals surface area contributed by atoms with Gasteiger partial charge in [-0.2, -0.15) is 0 Å². The third kappa shape index (κ3) is 4.40. The highest BCUT2D eigenvalue weighted by Gasteiger charge is 2.07. The first-order valence-electron chi connectivity index (χ1n) is 6.22. The summed E-state index contributed by atoms with van der Waals surface area (Å²) in [5, 5.41) is 4.52. The zero-order valence-corrected chi connectivity index (χ0v) is 14.8. The smallest absolute Gasteiger partial charge is 0.0603 e. The molecule has 0 saturated heterocycles. The second-order valence-electron chi connectivity index (χ2n) is 4.21. The van der Waals surface area contributed by atoms with Gasteiger partial charge in [0.1, 0.15) is 0 Å². The van der Waals surface area contributed by atoms with Crippen LogP contribution in [0.25, 0.3) is 0 Å². The molecule has 20 heavy (non-hydrogen) atoms. The summed E-state index contributed by atoms with van der Waals surface area (Å²) in [5.74, 6) is 0. The van der Waals surface area contributed by atoms with E-state index in [1.807, 2.05) is 18.2 Å². The zero-order chi connectivity index (χ0) is 14.5. The lowest BCUT2D eigenvalue weighted by atomic mass is 10.2. The molecule has 1 nitrogen and oxygen atoms in total. The Balaban J connectivity index is 2.26. The lowest BCUT2D eigenvalue weighted by Crippen LogP contribution is -2.12. The van der Waals surface area contributed by atoms with Crippen molar-refractivity contribution < 1.29 is 0 Å². The molecule has 0 heterocycles. The minimum absolute atomic E-state index is 0.582. The van der Waals surface area contributed by atoms with E-state index in [0.29, 0.717) is 10.0 Å². The molecule has 2 aromatic carbocycles. The summed E-state index contributed by atoms with van der Waals surface area (Å²) in [6.07, 6.45) is 0. The first-order valence-corrected chi connectivity index (χ1v) is 8.58. The highest BCUT2D eigenvalue weighted by molar-refractivity contribution is 9.10. The van der Waals surface area contributed by atoms with Crippen LogP contribution in [-0.2, 0) is 6.54 Å². The predicted octanol–water partition coefficient (Wildman–Crippen LogP) is 6.02. The molecule has 0 aliphatic heterocycles. The van der Waals surface area contributed by atoms with E-state index >= 15 is 0 Å². The highest BCUT2D eigenvalue weighted by atomic mass is 79.9. The molecule has 0 aliphatic rings. The molecule has 2 aromatic rings. The fourth-order valence-electron chi connectivity index (χ4n) is 1.70. The fraction of sp³-hybridized carbons (Fsp3) is 0.200. The van der Waals surface area contributed by atoms with E-state index in [2.05, 4.69) is 46.4 Å². The van der Waals surface area contributed by atoms with Crippen LogP contribution in [0, 0.1) is 0 Å². The number of hydrogen-bond acceptors (Lipinski definition) is 2. The summed E-state index contributed by atoms with van der Waals surface area (Å²) in [5.41, 5.74) is 1.27. The van der Waals surface area contributed by atoms with Gasteiger partial charge in [0, 0.05) is 20.8 Å². The van der Waals surface area contributed by atoms with Gasteiger partial charge >= 0.3 is 0 Å². The number of hydrogen-bond donors (Lipinski definition) is 1. The standard InChI is InChI=1S/C15H14BrCl2NS/c1-2-19-9-10-3-4-11(16)7-15(10)20-12-5-6-13(17)14(18)8-12/h3-8,19H,2,9H2,1H3. The quantitative estimate of drug-likeness (QED) is 0.670. The van der Waals surface area contributed by atoms with E-state index in [0.717, 1.165) is 22.5 Å². The molecule has 0 radical (unpaired) electrons. The van der Waals surface area contributed by atoms with Gasteiger partial charge in [-0.1, -0.05) is 63.9 Å². The third-order valence-electron chi connectivity index (χ3n) is 2.71. The maximum absolute atomic E-state index is 6.07.